The Kier molecular flexibility index (Phi) is 3.61. The number of nitrogens with one attached hydrogen (secondary N) is 2. The Balaban J connectivity index is 1.53. The lowest BCUT2D eigenvalue weighted by molar-refractivity contribution is -0.0709. The van der Waals surface area contributed by atoms with Crippen molar-refractivity contribution < 1.29 is 14.3 Å². The number of hydrogen-bond donors (Lipinski definition) is 2. The number of rotatable bonds is 5. The number of carbonyl (C=O) groups excluding carboxylic acids is 2. The first kappa shape index (κ1) is 15.8. The number of carbonyl (C=O) groups is 2. The molecule has 0 radical (unpaired) electrons. The van der Waals surface area contributed by atoms with Gasteiger partial charge in [-0.1, -0.05) is 18.2 Å². The van der Waals surface area contributed by atoms with Crippen LogP contribution in [0, 0.1) is 0 Å². The van der Waals surface area contributed by atoms with Gasteiger partial charge in [0.15, 0.2) is 0 Å². The fourth-order valence-corrected chi connectivity index (χ4v) is 3.65. The van der Waals surface area contributed by atoms with Gasteiger partial charge >= 0.3 is 0 Å². The van der Waals surface area contributed by atoms with E-state index in [0.717, 1.165) is 12.8 Å². The van der Waals surface area contributed by atoms with E-state index < -0.39 is 5.54 Å². The van der Waals surface area contributed by atoms with Crippen LogP contribution in [-0.4, -0.2) is 58.3 Å². The van der Waals surface area contributed by atoms with Gasteiger partial charge in [-0.3, -0.25) is 14.7 Å². The van der Waals surface area contributed by atoms with Crippen molar-refractivity contribution in [2.24, 2.45) is 0 Å². The lowest BCUT2D eigenvalue weighted by Gasteiger charge is -2.54. The Hall–Kier alpha value is -2.67. The zero-order valence-corrected chi connectivity index (χ0v) is 14.0. The van der Waals surface area contributed by atoms with E-state index in [1.165, 1.54) is 6.20 Å². The van der Waals surface area contributed by atoms with Gasteiger partial charge in [0.2, 0.25) is 0 Å². The number of methoxy groups -OCH3 is 1. The predicted molar refractivity (Wildman–Crippen MR) is 90.1 cm³/mol. The van der Waals surface area contributed by atoms with Gasteiger partial charge in [0.05, 0.1) is 17.4 Å². The van der Waals surface area contributed by atoms with E-state index in [9.17, 15) is 9.59 Å². The molecule has 7 heteroatoms. The first-order valence-corrected chi connectivity index (χ1v) is 8.30. The van der Waals surface area contributed by atoms with Crippen molar-refractivity contribution in [1.82, 2.24) is 20.4 Å². The summed E-state index contributed by atoms with van der Waals surface area (Å²) in [5.74, 6) is -0.232. The smallest absolute Gasteiger partial charge is 0.257 e. The van der Waals surface area contributed by atoms with Crippen LogP contribution in [0.1, 0.15) is 33.6 Å². The summed E-state index contributed by atoms with van der Waals surface area (Å²) in [5.41, 5.74) is 0.192. The summed E-state index contributed by atoms with van der Waals surface area (Å²) in [7, 11) is 1.67. The van der Waals surface area contributed by atoms with Crippen LogP contribution in [0.3, 0.4) is 0 Å². The number of amides is 2. The molecule has 1 aromatic heterocycles. The molecule has 1 saturated heterocycles. The van der Waals surface area contributed by atoms with Gasteiger partial charge in [-0.2, -0.15) is 5.10 Å². The molecule has 2 heterocycles. The third-order valence-corrected chi connectivity index (χ3v) is 5.31. The Morgan fingerprint density at radius 1 is 1.20 bits per heavy atom. The van der Waals surface area contributed by atoms with Crippen molar-refractivity contribution in [1.29, 1.82) is 0 Å². The molecular formula is C18H20N4O3. The average molecular weight is 340 g/mol. The number of benzene rings is 1. The van der Waals surface area contributed by atoms with E-state index in [0.29, 0.717) is 24.2 Å². The topological polar surface area (TPSA) is 87.3 Å². The van der Waals surface area contributed by atoms with Crippen LogP contribution in [0.25, 0.3) is 0 Å². The molecule has 0 spiro atoms. The Labute approximate surface area is 145 Å². The van der Waals surface area contributed by atoms with Gasteiger partial charge in [-0.15, -0.1) is 0 Å². The van der Waals surface area contributed by atoms with E-state index in [-0.39, 0.29) is 17.4 Å². The van der Waals surface area contributed by atoms with Crippen LogP contribution in [0.2, 0.25) is 0 Å². The molecule has 0 unspecified atom stereocenters. The number of aromatic amines is 1. The highest BCUT2D eigenvalue weighted by Crippen LogP contribution is 2.51. The highest BCUT2D eigenvalue weighted by Gasteiger charge is 2.66. The largest absolute Gasteiger partial charge is 0.376 e. The molecule has 1 aromatic carbocycles. The van der Waals surface area contributed by atoms with E-state index in [1.54, 1.807) is 30.3 Å². The van der Waals surface area contributed by atoms with Crippen molar-refractivity contribution in [2.75, 3.05) is 20.2 Å². The molecule has 4 rings (SSSR count). The minimum atomic E-state index is -0.548. The van der Waals surface area contributed by atoms with Crippen molar-refractivity contribution in [3.63, 3.8) is 0 Å². The molecular weight excluding hydrogens is 320 g/mol. The van der Waals surface area contributed by atoms with Gasteiger partial charge < -0.3 is 15.0 Å². The number of H-pyrrole nitrogens is 1. The number of ether oxygens (including phenoxy) is 1. The lowest BCUT2D eigenvalue weighted by Crippen LogP contribution is -2.77. The Bertz CT molecular complexity index is 778. The summed E-state index contributed by atoms with van der Waals surface area (Å²) >= 11 is 0. The molecule has 130 valence electrons. The molecule has 2 amide bonds. The highest BCUT2D eigenvalue weighted by atomic mass is 16.5. The van der Waals surface area contributed by atoms with Crippen molar-refractivity contribution in [2.45, 2.75) is 24.0 Å². The average Bonchev–Trinajstić information content (AvgIpc) is 3.22. The molecule has 7 nitrogen and oxygen atoms in total. The second kappa shape index (κ2) is 5.70. The summed E-state index contributed by atoms with van der Waals surface area (Å²) in [6.45, 7) is 0.868. The number of nitrogens with zero attached hydrogens (tertiary/aromatic N) is 2. The normalized spacial score (nSPS) is 19.8. The third-order valence-electron chi connectivity index (χ3n) is 5.31. The number of hydrogen-bond acceptors (Lipinski definition) is 4. The first-order valence-electron chi connectivity index (χ1n) is 8.30. The maximum absolute atomic E-state index is 12.7. The summed E-state index contributed by atoms with van der Waals surface area (Å²) in [6, 6.07) is 9.10. The predicted octanol–water partition coefficient (Wildman–Crippen LogP) is 1.21. The van der Waals surface area contributed by atoms with Crippen LogP contribution in [0.5, 0.6) is 0 Å². The maximum atomic E-state index is 12.7. The standard InChI is InChI=1S/C18H20N4O3/c1-25-18(7-8-18)17(21-15(23)13-5-3-2-4-6-13)11-22(12-17)16(24)14-9-19-20-10-14/h2-6,9-10H,7-8,11-12H2,1H3,(H,19,20)(H,21,23). The van der Waals surface area contributed by atoms with Crippen LogP contribution >= 0.6 is 0 Å². The highest BCUT2D eigenvalue weighted by molar-refractivity contribution is 5.97. The second-order valence-corrected chi connectivity index (χ2v) is 6.75. The molecule has 2 aromatic rings. The second-order valence-electron chi connectivity index (χ2n) is 6.75. The molecule has 2 N–H and O–H groups in total. The summed E-state index contributed by atoms with van der Waals surface area (Å²) in [5, 5.41) is 9.62. The third kappa shape index (κ3) is 2.51. The van der Waals surface area contributed by atoms with E-state index in [4.69, 9.17) is 4.74 Å². The Morgan fingerprint density at radius 2 is 1.92 bits per heavy atom. The zero-order valence-electron chi connectivity index (χ0n) is 14.0. The molecule has 25 heavy (non-hydrogen) atoms. The van der Waals surface area contributed by atoms with Crippen molar-refractivity contribution in [3.8, 4) is 0 Å². The van der Waals surface area contributed by atoms with Crippen molar-refractivity contribution in [3.05, 3.63) is 53.9 Å². The lowest BCUT2D eigenvalue weighted by atomic mass is 9.80. The van der Waals surface area contributed by atoms with Gasteiger partial charge in [-0.25, -0.2) is 0 Å². The van der Waals surface area contributed by atoms with Crippen LogP contribution < -0.4 is 5.32 Å². The summed E-state index contributed by atoms with van der Waals surface area (Å²) in [4.78, 5) is 26.9. The van der Waals surface area contributed by atoms with Gasteiger partial charge in [0.25, 0.3) is 11.8 Å². The SMILES string of the molecule is COC1(C2(NC(=O)c3ccccc3)CN(C(=O)c3cn[nH]c3)C2)CC1. The number of aromatic nitrogens is 2. The first-order chi connectivity index (χ1) is 12.1. The summed E-state index contributed by atoms with van der Waals surface area (Å²) in [6.07, 6.45) is 4.85. The van der Waals surface area contributed by atoms with Gasteiger partial charge in [-0.05, 0) is 25.0 Å². The van der Waals surface area contributed by atoms with Crippen LogP contribution in [-0.2, 0) is 4.74 Å². The summed E-state index contributed by atoms with van der Waals surface area (Å²) < 4.78 is 5.74. The fraction of sp³-hybridized carbons (Fsp3) is 0.389. The fourth-order valence-electron chi connectivity index (χ4n) is 3.65. The monoisotopic (exact) mass is 340 g/mol. The molecule has 1 aliphatic heterocycles. The number of likely N-dealkylation sites (tertiary alicyclic amines) is 1. The van der Waals surface area contributed by atoms with E-state index in [2.05, 4.69) is 15.5 Å². The maximum Gasteiger partial charge on any atom is 0.257 e. The van der Waals surface area contributed by atoms with Crippen LogP contribution in [0.15, 0.2) is 42.7 Å². The molecule has 0 bridgehead atoms. The zero-order chi connectivity index (χ0) is 17.5. The molecule has 2 aliphatic rings. The quantitative estimate of drug-likeness (QED) is 0.856. The van der Waals surface area contributed by atoms with Crippen molar-refractivity contribution >= 4 is 11.8 Å². The van der Waals surface area contributed by atoms with E-state index >= 15 is 0 Å². The van der Waals surface area contributed by atoms with E-state index in [1.807, 2.05) is 18.2 Å². The minimum absolute atomic E-state index is 0.0924. The van der Waals surface area contributed by atoms with Gasteiger partial charge in [0, 0.05) is 32.0 Å². The molecule has 1 saturated carbocycles. The molecule has 0 atom stereocenters. The molecule has 2 fully saturated rings. The van der Waals surface area contributed by atoms with Gasteiger partial charge in [0.1, 0.15) is 5.54 Å². The molecule has 1 aliphatic carbocycles. The Morgan fingerprint density at radius 3 is 2.48 bits per heavy atom. The minimum Gasteiger partial charge on any atom is -0.376 e. The van der Waals surface area contributed by atoms with Crippen LogP contribution in [0.4, 0.5) is 0 Å².